The number of piperazine rings is 1. The van der Waals surface area contributed by atoms with Crippen LogP contribution in [-0.2, 0) is 4.74 Å². The SMILES string of the molecule is COC1CC(N2CCN(C)C(C)(C)C2)C1. The van der Waals surface area contributed by atoms with Gasteiger partial charge in [-0.1, -0.05) is 0 Å². The molecule has 1 aliphatic heterocycles. The second-order valence-electron chi connectivity index (χ2n) is 5.69. The fraction of sp³-hybridized carbons (Fsp3) is 1.00. The van der Waals surface area contributed by atoms with Gasteiger partial charge in [0, 0.05) is 38.3 Å². The standard InChI is InChI=1S/C12H24N2O/c1-12(2)9-14(6-5-13(12)3)10-7-11(8-10)15-4/h10-11H,5-9H2,1-4H3. The van der Waals surface area contributed by atoms with Crippen LogP contribution < -0.4 is 0 Å². The highest BCUT2D eigenvalue weighted by Gasteiger charge is 2.39. The maximum atomic E-state index is 5.34. The molecule has 2 aliphatic rings. The van der Waals surface area contributed by atoms with Crippen molar-refractivity contribution in [3.63, 3.8) is 0 Å². The van der Waals surface area contributed by atoms with Gasteiger partial charge < -0.3 is 4.74 Å². The summed E-state index contributed by atoms with van der Waals surface area (Å²) < 4.78 is 5.34. The highest BCUT2D eigenvalue weighted by Crippen LogP contribution is 2.31. The maximum absolute atomic E-state index is 5.34. The van der Waals surface area contributed by atoms with Crippen LogP contribution in [0.25, 0.3) is 0 Å². The van der Waals surface area contributed by atoms with Crippen LogP contribution >= 0.6 is 0 Å². The normalized spacial score (nSPS) is 37.6. The van der Waals surface area contributed by atoms with E-state index in [1.807, 2.05) is 7.11 Å². The molecular weight excluding hydrogens is 188 g/mol. The Balaban J connectivity index is 1.86. The molecule has 0 atom stereocenters. The van der Waals surface area contributed by atoms with Crippen molar-refractivity contribution in [2.75, 3.05) is 33.8 Å². The van der Waals surface area contributed by atoms with E-state index >= 15 is 0 Å². The largest absolute Gasteiger partial charge is 0.381 e. The predicted molar refractivity (Wildman–Crippen MR) is 62.1 cm³/mol. The van der Waals surface area contributed by atoms with Crippen molar-refractivity contribution in [3.05, 3.63) is 0 Å². The summed E-state index contributed by atoms with van der Waals surface area (Å²) in [6, 6.07) is 0.780. The number of methoxy groups -OCH3 is 1. The van der Waals surface area contributed by atoms with Gasteiger partial charge in [0.2, 0.25) is 0 Å². The Bertz CT molecular complexity index is 224. The minimum absolute atomic E-state index is 0.330. The second kappa shape index (κ2) is 4.04. The molecule has 0 aromatic heterocycles. The van der Waals surface area contributed by atoms with E-state index in [4.69, 9.17) is 4.74 Å². The molecule has 1 aliphatic carbocycles. The molecule has 15 heavy (non-hydrogen) atoms. The Labute approximate surface area is 93.4 Å². The quantitative estimate of drug-likeness (QED) is 0.684. The molecule has 0 aromatic rings. The van der Waals surface area contributed by atoms with Crippen molar-refractivity contribution in [3.8, 4) is 0 Å². The fourth-order valence-electron chi connectivity index (χ4n) is 2.62. The molecule has 0 aromatic carbocycles. The van der Waals surface area contributed by atoms with Gasteiger partial charge in [0.25, 0.3) is 0 Å². The molecule has 0 unspecified atom stereocenters. The first-order valence-electron chi connectivity index (χ1n) is 6.01. The van der Waals surface area contributed by atoms with E-state index in [-0.39, 0.29) is 0 Å². The van der Waals surface area contributed by atoms with E-state index in [1.54, 1.807) is 0 Å². The van der Waals surface area contributed by atoms with E-state index in [2.05, 4.69) is 30.7 Å². The lowest BCUT2D eigenvalue weighted by Gasteiger charge is -2.51. The summed E-state index contributed by atoms with van der Waals surface area (Å²) in [4.78, 5) is 5.12. The topological polar surface area (TPSA) is 15.7 Å². The molecule has 88 valence electrons. The molecule has 0 N–H and O–H groups in total. The van der Waals surface area contributed by atoms with Gasteiger partial charge in [0.1, 0.15) is 0 Å². The van der Waals surface area contributed by atoms with Gasteiger partial charge in [0.05, 0.1) is 6.10 Å². The lowest BCUT2D eigenvalue weighted by Crippen LogP contribution is -2.62. The number of nitrogens with zero attached hydrogens (tertiary/aromatic N) is 2. The van der Waals surface area contributed by atoms with Gasteiger partial charge in [-0.2, -0.15) is 0 Å². The Morgan fingerprint density at radius 2 is 1.87 bits per heavy atom. The summed E-state index contributed by atoms with van der Waals surface area (Å²) in [6.07, 6.45) is 2.99. The van der Waals surface area contributed by atoms with E-state index in [0.29, 0.717) is 11.6 Å². The van der Waals surface area contributed by atoms with Crippen molar-refractivity contribution in [1.82, 2.24) is 9.80 Å². The number of rotatable bonds is 2. The third-order valence-electron chi connectivity index (χ3n) is 4.27. The minimum Gasteiger partial charge on any atom is -0.381 e. The molecule has 0 amide bonds. The zero-order chi connectivity index (χ0) is 11.1. The summed E-state index contributed by atoms with van der Waals surface area (Å²) in [5.74, 6) is 0. The summed E-state index contributed by atoms with van der Waals surface area (Å²) >= 11 is 0. The zero-order valence-electron chi connectivity index (χ0n) is 10.5. The third kappa shape index (κ3) is 2.19. The Morgan fingerprint density at radius 3 is 2.40 bits per heavy atom. The average molecular weight is 212 g/mol. The maximum Gasteiger partial charge on any atom is 0.0601 e. The molecule has 0 radical (unpaired) electrons. The minimum atomic E-state index is 0.330. The third-order valence-corrected chi connectivity index (χ3v) is 4.27. The van der Waals surface area contributed by atoms with Crippen LogP contribution in [0.2, 0.25) is 0 Å². The smallest absolute Gasteiger partial charge is 0.0601 e. The fourth-order valence-corrected chi connectivity index (χ4v) is 2.62. The Hall–Kier alpha value is -0.120. The molecule has 2 fully saturated rings. The Kier molecular flexibility index (Phi) is 3.06. The summed E-state index contributed by atoms with van der Waals surface area (Å²) in [5, 5.41) is 0. The van der Waals surface area contributed by atoms with Gasteiger partial charge in [-0.3, -0.25) is 9.80 Å². The van der Waals surface area contributed by atoms with Gasteiger partial charge in [-0.05, 0) is 33.7 Å². The van der Waals surface area contributed by atoms with E-state index in [9.17, 15) is 0 Å². The summed E-state index contributed by atoms with van der Waals surface area (Å²) in [6.45, 7) is 8.30. The molecule has 0 bridgehead atoms. The van der Waals surface area contributed by atoms with Crippen LogP contribution in [0.5, 0.6) is 0 Å². The monoisotopic (exact) mass is 212 g/mol. The van der Waals surface area contributed by atoms with Crippen LogP contribution in [0.4, 0.5) is 0 Å². The molecule has 1 saturated heterocycles. The van der Waals surface area contributed by atoms with E-state index in [1.165, 1.54) is 32.5 Å². The van der Waals surface area contributed by atoms with Crippen molar-refractivity contribution in [2.24, 2.45) is 0 Å². The van der Waals surface area contributed by atoms with Gasteiger partial charge in [-0.15, -0.1) is 0 Å². The molecule has 3 heteroatoms. The zero-order valence-corrected chi connectivity index (χ0v) is 10.5. The lowest BCUT2D eigenvalue weighted by atomic mass is 9.85. The van der Waals surface area contributed by atoms with Crippen molar-refractivity contribution >= 4 is 0 Å². The summed E-state index contributed by atoms with van der Waals surface area (Å²) in [7, 11) is 4.06. The van der Waals surface area contributed by atoms with Gasteiger partial charge >= 0.3 is 0 Å². The number of hydrogen-bond donors (Lipinski definition) is 0. The van der Waals surface area contributed by atoms with Gasteiger partial charge in [-0.25, -0.2) is 0 Å². The first-order valence-corrected chi connectivity index (χ1v) is 6.01. The number of ether oxygens (including phenoxy) is 1. The second-order valence-corrected chi connectivity index (χ2v) is 5.69. The predicted octanol–water partition coefficient (Wildman–Crippen LogP) is 1.19. The van der Waals surface area contributed by atoms with Crippen LogP contribution in [0.3, 0.4) is 0 Å². The molecule has 2 rings (SSSR count). The van der Waals surface area contributed by atoms with Crippen molar-refractivity contribution in [1.29, 1.82) is 0 Å². The first-order chi connectivity index (χ1) is 7.03. The molecular formula is C12H24N2O. The average Bonchev–Trinajstić information content (AvgIpc) is 2.09. The molecule has 0 spiro atoms. The first kappa shape index (κ1) is 11.4. The highest BCUT2D eigenvalue weighted by atomic mass is 16.5. The molecule has 1 heterocycles. The van der Waals surface area contributed by atoms with E-state index < -0.39 is 0 Å². The highest BCUT2D eigenvalue weighted by molar-refractivity contribution is 4.95. The lowest BCUT2D eigenvalue weighted by molar-refractivity contribution is -0.0620. The van der Waals surface area contributed by atoms with Crippen LogP contribution in [0.1, 0.15) is 26.7 Å². The molecule has 3 nitrogen and oxygen atoms in total. The van der Waals surface area contributed by atoms with Crippen LogP contribution in [0.15, 0.2) is 0 Å². The van der Waals surface area contributed by atoms with E-state index in [0.717, 1.165) is 6.04 Å². The van der Waals surface area contributed by atoms with Crippen molar-refractivity contribution in [2.45, 2.75) is 44.4 Å². The van der Waals surface area contributed by atoms with Crippen LogP contribution in [-0.4, -0.2) is 61.3 Å². The number of likely N-dealkylation sites (N-methyl/N-ethyl adjacent to an activating group) is 1. The van der Waals surface area contributed by atoms with Gasteiger partial charge in [0.15, 0.2) is 0 Å². The number of hydrogen-bond acceptors (Lipinski definition) is 3. The van der Waals surface area contributed by atoms with Crippen LogP contribution in [0, 0.1) is 0 Å². The molecule has 1 saturated carbocycles. The Morgan fingerprint density at radius 1 is 1.20 bits per heavy atom. The van der Waals surface area contributed by atoms with Crippen molar-refractivity contribution < 1.29 is 4.74 Å². The summed E-state index contributed by atoms with van der Waals surface area (Å²) in [5.41, 5.74) is 0.330.